The Balaban J connectivity index is 2.44. The van der Waals surface area contributed by atoms with Gasteiger partial charge in [-0.15, -0.1) is 6.58 Å². The number of carbonyl (C=O) groups excluding carboxylic acids is 1. The Morgan fingerprint density at radius 2 is 2.47 bits per heavy atom. The lowest BCUT2D eigenvalue weighted by Gasteiger charge is -2.04. The molecule has 0 radical (unpaired) electrons. The first-order chi connectivity index (χ1) is 7.13. The van der Waals surface area contributed by atoms with Crippen LogP contribution in [0.5, 0.6) is 0 Å². The van der Waals surface area contributed by atoms with Gasteiger partial charge in [0, 0.05) is 19.7 Å². The normalized spacial score (nSPS) is 10.0. The zero-order valence-corrected chi connectivity index (χ0v) is 9.08. The molecular weight excluding hydrogens is 192 g/mol. The van der Waals surface area contributed by atoms with Crippen molar-refractivity contribution in [3.63, 3.8) is 0 Å². The molecule has 0 aliphatic rings. The van der Waals surface area contributed by atoms with Gasteiger partial charge < -0.3 is 10.6 Å². The number of hydrogen-bond acceptors (Lipinski definition) is 3. The zero-order chi connectivity index (χ0) is 11.3. The molecule has 1 heterocycles. The van der Waals surface area contributed by atoms with E-state index in [0.717, 1.165) is 5.69 Å². The van der Waals surface area contributed by atoms with Crippen LogP contribution in [0.3, 0.4) is 0 Å². The molecule has 0 aliphatic heterocycles. The summed E-state index contributed by atoms with van der Waals surface area (Å²) in [5, 5.41) is 9.80. The number of aryl methyl sites for hydroxylation is 2. The van der Waals surface area contributed by atoms with Gasteiger partial charge in [-0.25, -0.2) is 0 Å². The first-order valence-corrected chi connectivity index (χ1v) is 4.75. The fourth-order valence-electron chi connectivity index (χ4n) is 1.20. The highest BCUT2D eigenvalue weighted by Crippen LogP contribution is 2.06. The Kier molecular flexibility index (Phi) is 4.05. The standard InChI is InChI=1S/C10H16N4O/c1-4-5-11-7-10(15)12-9-6-8(2)13-14(9)3/h4,6,11H,1,5,7H2,2-3H3,(H,12,15). The molecule has 0 saturated heterocycles. The molecule has 0 atom stereocenters. The smallest absolute Gasteiger partial charge is 0.239 e. The van der Waals surface area contributed by atoms with E-state index in [0.29, 0.717) is 12.4 Å². The summed E-state index contributed by atoms with van der Waals surface area (Å²) in [6, 6.07) is 1.82. The molecule has 82 valence electrons. The number of carbonyl (C=O) groups is 1. The molecule has 0 aliphatic carbocycles. The number of anilines is 1. The lowest BCUT2D eigenvalue weighted by atomic mass is 10.4. The van der Waals surface area contributed by atoms with E-state index in [1.807, 2.05) is 13.0 Å². The van der Waals surface area contributed by atoms with E-state index < -0.39 is 0 Å². The highest BCUT2D eigenvalue weighted by atomic mass is 16.2. The molecule has 2 N–H and O–H groups in total. The molecule has 15 heavy (non-hydrogen) atoms. The second-order valence-corrected chi connectivity index (χ2v) is 3.26. The fourth-order valence-corrected chi connectivity index (χ4v) is 1.20. The van der Waals surface area contributed by atoms with E-state index in [-0.39, 0.29) is 12.5 Å². The summed E-state index contributed by atoms with van der Waals surface area (Å²) < 4.78 is 1.64. The van der Waals surface area contributed by atoms with E-state index in [4.69, 9.17) is 0 Å². The minimum absolute atomic E-state index is 0.0835. The van der Waals surface area contributed by atoms with Gasteiger partial charge in [0.2, 0.25) is 5.91 Å². The predicted molar refractivity (Wildman–Crippen MR) is 59.6 cm³/mol. The number of hydrogen-bond donors (Lipinski definition) is 2. The highest BCUT2D eigenvalue weighted by Gasteiger charge is 2.05. The van der Waals surface area contributed by atoms with Crippen LogP contribution in [0.4, 0.5) is 5.82 Å². The SMILES string of the molecule is C=CCNCC(=O)Nc1cc(C)nn1C. The average Bonchev–Trinajstić information content (AvgIpc) is 2.45. The lowest BCUT2D eigenvalue weighted by molar-refractivity contribution is -0.115. The average molecular weight is 208 g/mol. The molecule has 5 nitrogen and oxygen atoms in total. The molecule has 5 heteroatoms. The van der Waals surface area contributed by atoms with Crippen molar-refractivity contribution in [1.82, 2.24) is 15.1 Å². The maximum atomic E-state index is 11.4. The van der Waals surface area contributed by atoms with Crippen LogP contribution in [0.1, 0.15) is 5.69 Å². The first kappa shape index (κ1) is 11.5. The Hall–Kier alpha value is -1.62. The largest absolute Gasteiger partial charge is 0.310 e. The Morgan fingerprint density at radius 1 is 1.73 bits per heavy atom. The van der Waals surface area contributed by atoms with E-state index in [2.05, 4.69) is 22.3 Å². The summed E-state index contributed by atoms with van der Waals surface area (Å²) in [5.41, 5.74) is 0.881. The van der Waals surface area contributed by atoms with Gasteiger partial charge in [0.1, 0.15) is 5.82 Å². The molecule has 0 bridgehead atoms. The molecule has 0 spiro atoms. The predicted octanol–water partition coefficient (Wildman–Crippen LogP) is 0.443. The molecule has 0 saturated carbocycles. The van der Waals surface area contributed by atoms with Gasteiger partial charge in [-0.05, 0) is 6.92 Å². The molecular formula is C10H16N4O. The first-order valence-electron chi connectivity index (χ1n) is 4.75. The zero-order valence-electron chi connectivity index (χ0n) is 9.08. The van der Waals surface area contributed by atoms with Crippen LogP contribution in [-0.4, -0.2) is 28.8 Å². The van der Waals surface area contributed by atoms with Gasteiger partial charge in [-0.1, -0.05) is 6.08 Å². The van der Waals surface area contributed by atoms with Gasteiger partial charge in [0.25, 0.3) is 0 Å². The number of amides is 1. The van der Waals surface area contributed by atoms with Crippen LogP contribution in [0.15, 0.2) is 18.7 Å². The number of aromatic nitrogens is 2. The Bertz CT molecular complexity index is 356. The second-order valence-electron chi connectivity index (χ2n) is 3.26. The van der Waals surface area contributed by atoms with E-state index in [1.54, 1.807) is 17.8 Å². The molecule has 1 rings (SSSR count). The van der Waals surface area contributed by atoms with Crippen LogP contribution in [-0.2, 0) is 11.8 Å². The van der Waals surface area contributed by atoms with Gasteiger partial charge in [-0.3, -0.25) is 9.48 Å². The van der Waals surface area contributed by atoms with E-state index in [9.17, 15) is 4.79 Å². The van der Waals surface area contributed by atoms with Crippen molar-refractivity contribution in [2.75, 3.05) is 18.4 Å². The monoisotopic (exact) mass is 208 g/mol. The summed E-state index contributed by atoms with van der Waals surface area (Å²) in [6.45, 7) is 6.33. The third-order valence-electron chi connectivity index (χ3n) is 1.84. The van der Waals surface area contributed by atoms with Crippen molar-refractivity contribution < 1.29 is 4.79 Å². The molecule has 1 aromatic heterocycles. The van der Waals surface area contributed by atoms with Crippen molar-refractivity contribution in [3.8, 4) is 0 Å². The van der Waals surface area contributed by atoms with Crippen LogP contribution in [0, 0.1) is 6.92 Å². The summed E-state index contributed by atoms with van der Waals surface area (Å²) in [5.74, 6) is 0.623. The highest BCUT2D eigenvalue weighted by molar-refractivity contribution is 5.91. The molecule has 0 aromatic carbocycles. The summed E-state index contributed by atoms with van der Waals surface area (Å²) in [7, 11) is 1.79. The maximum Gasteiger partial charge on any atom is 0.239 e. The van der Waals surface area contributed by atoms with Crippen molar-refractivity contribution in [3.05, 3.63) is 24.4 Å². The van der Waals surface area contributed by atoms with Crippen LogP contribution >= 0.6 is 0 Å². The third kappa shape index (κ3) is 3.55. The van der Waals surface area contributed by atoms with Crippen LogP contribution < -0.4 is 10.6 Å². The second kappa shape index (κ2) is 5.31. The summed E-state index contributed by atoms with van der Waals surface area (Å²) in [4.78, 5) is 11.4. The summed E-state index contributed by atoms with van der Waals surface area (Å²) >= 11 is 0. The van der Waals surface area contributed by atoms with Gasteiger partial charge in [-0.2, -0.15) is 5.10 Å². The topological polar surface area (TPSA) is 59.0 Å². The molecule has 1 aromatic rings. The van der Waals surface area contributed by atoms with Crippen LogP contribution in [0.2, 0.25) is 0 Å². The molecule has 1 amide bonds. The van der Waals surface area contributed by atoms with Crippen molar-refractivity contribution >= 4 is 11.7 Å². The minimum Gasteiger partial charge on any atom is -0.310 e. The van der Waals surface area contributed by atoms with Crippen molar-refractivity contribution in [2.45, 2.75) is 6.92 Å². The third-order valence-corrected chi connectivity index (χ3v) is 1.84. The number of rotatable bonds is 5. The number of nitrogens with one attached hydrogen (secondary N) is 2. The lowest BCUT2D eigenvalue weighted by Crippen LogP contribution is -2.28. The van der Waals surface area contributed by atoms with Crippen molar-refractivity contribution in [2.24, 2.45) is 7.05 Å². The minimum atomic E-state index is -0.0835. The van der Waals surface area contributed by atoms with Gasteiger partial charge in [0.15, 0.2) is 0 Å². The number of nitrogens with zero attached hydrogens (tertiary/aromatic N) is 2. The van der Waals surface area contributed by atoms with Crippen molar-refractivity contribution in [1.29, 1.82) is 0 Å². The fraction of sp³-hybridized carbons (Fsp3) is 0.400. The maximum absolute atomic E-state index is 11.4. The van der Waals surface area contributed by atoms with Crippen LogP contribution in [0.25, 0.3) is 0 Å². The van der Waals surface area contributed by atoms with Gasteiger partial charge in [0.05, 0.1) is 12.2 Å². The summed E-state index contributed by atoms with van der Waals surface area (Å²) in [6.07, 6.45) is 1.71. The van der Waals surface area contributed by atoms with Gasteiger partial charge >= 0.3 is 0 Å². The quantitative estimate of drug-likeness (QED) is 0.545. The van der Waals surface area contributed by atoms with E-state index in [1.165, 1.54) is 0 Å². The molecule has 0 fully saturated rings. The Morgan fingerprint density at radius 3 is 3.00 bits per heavy atom. The van der Waals surface area contributed by atoms with E-state index >= 15 is 0 Å². The Labute approximate surface area is 89.2 Å². The molecule has 0 unspecified atom stereocenters.